The number of nitrogens with zero attached hydrogens (tertiary/aromatic N) is 1. The normalized spacial score (nSPS) is 11.1. The van der Waals surface area contributed by atoms with Gasteiger partial charge in [0.2, 0.25) is 0 Å². The molecule has 2 heteroatoms. The molecule has 0 unspecified atom stereocenters. The summed E-state index contributed by atoms with van der Waals surface area (Å²) in [6, 6.07) is 10.7. The zero-order valence-corrected chi connectivity index (χ0v) is 12.7. The van der Waals surface area contributed by atoms with Crippen molar-refractivity contribution in [2.45, 2.75) is 39.0 Å². The third kappa shape index (κ3) is 8.79. The lowest BCUT2D eigenvalue weighted by atomic mass is 10.1. The first-order valence-corrected chi connectivity index (χ1v) is 7.76. The van der Waals surface area contributed by atoms with E-state index < -0.39 is 0 Å². The average molecular weight is 262 g/mol. The molecule has 0 radical (unpaired) electrons. The van der Waals surface area contributed by atoms with Gasteiger partial charge >= 0.3 is 0 Å². The third-order valence-electron chi connectivity index (χ3n) is 3.50. The Morgan fingerprint density at radius 1 is 0.947 bits per heavy atom. The fourth-order valence-corrected chi connectivity index (χ4v) is 2.15. The smallest absolute Gasteiger partial charge is 0.0104 e. The quantitative estimate of drug-likeness (QED) is 0.615. The van der Waals surface area contributed by atoms with E-state index in [1.165, 1.54) is 37.8 Å². The maximum Gasteiger partial charge on any atom is 0.0104 e. The summed E-state index contributed by atoms with van der Waals surface area (Å²) in [6.45, 7) is 6.82. The molecule has 0 aromatic heterocycles. The standard InChI is InChI=1S/C17H30N2/c1-3-4-5-9-13-18-14-16-19(2)15-12-17-10-7-6-8-11-17/h6-8,10-11,18H,3-5,9,12-16H2,1-2H3. The Balaban J connectivity index is 1.95. The zero-order chi connectivity index (χ0) is 13.8. The number of hydrogen-bond acceptors (Lipinski definition) is 2. The van der Waals surface area contributed by atoms with E-state index in [4.69, 9.17) is 0 Å². The summed E-state index contributed by atoms with van der Waals surface area (Å²) in [5, 5.41) is 3.53. The highest BCUT2D eigenvalue weighted by atomic mass is 15.1. The molecule has 0 bridgehead atoms. The number of likely N-dealkylation sites (N-methyl/N-ethyl adjacent to an activating group) is 1. The van der Waals surface area contributed by atoms with Gasteiger partial charge in [-0.25, -0.2) is 0 Å². The zero-order valence-electron chi connectivity index (χ0n) is 12.7. The van der Waals surface area contributed by atoms with Crippen LogP contribution in [0, 0.1) is 0 Å². The molecule has 0 saturated heterocycles. The molecule has 2 nitrogen and oxygen atoms in total. The van der Waals surface area contributed by atoms with E-state index >= 15 is 0 Å². The Morgan fingerprint density at radius 3 is 2.47 bits per heavy atom. The molecular weight excluding hydrogens is 232 g/mol. The van der Waals surface area contributed by atoms with Gasteiger partial charge in [0.05, 0.1) is 0 Å². The summed E-state index contributed by atoms with van der Waals surface area (Å²) in [4.78, 5) is 2.41. The van der Waals surface area contributed by atoms with Gasteiger partial charge in [-0.3, -0.25) is 0 Å². The van der Waals surface area contributed by atoms with Crippen LogP contribution in [0.2, 0.25) is 0 Å². The summed E-state index contributed by atoms with van der Waals surface area (Å²) in [6.07, 6.45) is 6.53. The second kappa shape index (κ2) is 11.0. The van der Waals surface area contributed by atoms with E-state index in [0.29, 0.717) is 0 Å². The highest BCUT2D eigenvalue weighted by molar-refractivity contribution is 5.14. The molecule has 1 rings (SSSR count). The second-order valence-corrected chi connectivity index (χ2v) is 5.35. The maximum atomic E-state index is 3.53. The largest absolute Gasteiger partial charge is 0.315 e. The Labute approximate surface area is 119 Å². The molecular formula is C17H30N2. The van der Waals surface area contributed by atoms with Crippen molar-refractivity contribution in [3.63, 3.8) is 0 Å². The van der Waals surface area contributed by atoms with Gasteiger partial charge in [0.15, 0.2) is 0 Å². The molecule has 0 spiro atoms. The van der Waals surface area contributed by atoms with E-state index in [1.54, 1.807) is 0 Å². The average Bonchev–Trinajstić information content (AvgIpc) is 2.45. The summed E-state index contributed by atoms with van der Waals surface area (Å²) in [5.41, 5.74) is 1.43. The van der Waals surface area contributed by atoms with E-state index in [9.17, 15) is 0 Å². The van der Waals surface area contributed by atoms with Crippen LogP contribution < -0.4 is 5.32 Å². The fraction of sp³-hybridized carbons (Fsp3) is 0.647. The first kappa shape index (κ1) is 16.2. The first-order chi connectivity index (χ1) is 9.33. The van der Waals surface area contributed by atoms with Crippen molar-refractivity contribution >= 4 is 0 Å². The number of nitrogens with one attached hydrogen (secondary N) is 1. The van der Waals surface area contributed by atoms with Crippen LogP contribution >= 0.6 is 0 Å². The van der Waals surface area contributed by atoms with Crippen LogP contribution in [0.5, 0.6) is 0 Å². The van der Waals surface area contributed by atoms with Gasteiger partial charge in [-0.2, -0.15) is 0 Å². The molecule has 1 N–H and O–H groups in total. The van der Waals surface area contributed by atoms with Crippen molar-refractivity contribution in [1.82, 2.24) is 10.2 Å². The number of benzene rings is 1. The van der Waals surface area contributed by atoms with Gasteiger partial charge in [0.25, 0.3) is 0 Å². The van der Waals surface area contributed by atoms with Crippen molar-refractivity contribution in [2.24, 2.45) is 0 Å². The molecule has 1 aromatic rings. The summed E-state index contributed by atoms with van der Waals surface area (Å²) >= 11 is 0. The van der Waals surface area contributed by atoms with Gasteiger partial charge in [-0.1, -0.05) is 56.5 Å². The van der Waals surface area contributed by atoms with Gasteiger partial charge in [-0.15, -0.1) is 0 Å². The summed E-state index contributed by atoms with van der Waals surface area (Å²) < 4.78 is 0. The van der Waals surface area contributed by atoms with Gasteiger partial charge in [0, 0.05) is 19.6 Å². The molecule has 108 valence electrons. The lowest BCUT2D eigenvalue weighted by Gasteiger charge is -2.16. The fourth-order valence-electron chi connectivity index (χ4n) is 2.15. The minimum Gasteiger partial charge on any atom is -0.315 e. The summed E-state index contributed by atoms with van der Waals surface area (Å²) in [5.74, 6) is 0. The van der Waals surface area contributed by atoms with E-state index in [-0.39, 0.29) is 0 Å². The van der Waals surface area contributed by atoms with Crippen LogP contribution in [-0.2, 0) is 6.42 Å². The third-order valence-corrected chi connectivity index (χ3v) is 3.50. The van der Waals surface area contributed by atoms with Crippen LogP contribution in [0.1, 0.15) is 38.2 Å². The Morgan fingerprint density at radius 2 is 1.74 bits per heavy atom. The monoisotopic (exact) mass is 262 g/mol. The number of unbranched alkanes of at least 4 members (excludes halogenated alkanes) is 3. The number of rotatable bonds is 11. The Kier molecular flexibility index (Phi) is 9.38. The number of hydrogen-bond donors (Lipinski definition) is 1. The van der Waals surface area contributed by atoms with Crippen LogP contribution in [-0.4, -0.2) is 38.1 Å². The maximum absolute atomic E-state index is 3.53. The van der Waals surface area contributed by atoms with Gasteiger partial charge in [-0.05, 0) is 32.0 Å². The molecule has 1 aromatic carbocycles. The topological polar surface area (TPSA) is 15.3 Å². The van der Waals surface area contributed by atoms with E-state index in [0.717, 1.165) is 26.1 Å². The highest BCUT2D eigenvalue weighted by Crippen LogP contribution is 2.00. The van der Waals surface area contributed by atoms with Crippen molar-refractivity contribution in [3.05, 3.63) is 35.9 Å². The van der Waals surface area contributed by atoms with Crippen molar-refractivity contribution in [3.8, 4) is 0 Å². The Hall–Kier alpha value is -0.860. The lowest BCUT2D eigenvalue weighted by Crippen LogP contribution is -2.31. The van der Waals surface area contributed by atoms with Crippen LogP contribution in [0.4, 0.5) is 0 Å². The van der Waals surface area contributed by atoms with Crippen molar-refractivity contribution < 1.29 is 0 Å². The summed E-state index contributed by atoms with van der Waals surface area (Å²) in [7, 11) is 2.21. The Bertz CT molecular complexity index is 297. The van der Waals surface area contributed by atoms with Gasteiger partial charge in [0.1, 0.15) is 0 Å². The van der Waals surface area contributed by atoms with Crippen molar-refractivity contribution in [2.75, 3.05) is 33.2 Å². The van der Waals surface area contributed by atoms with Crippen LogP contribution in [0.25, 0.3) is 0 Å². The van der Waals surface area contributed by atoms with E-state index in [2.05, 4.69) is 54.5 Å². The second-order valence-electron chi connectivity index (χ2n) is 5.35. The molecule has 19 heavy (non-hydrogen) atoms. The molecule has 0 heterocycles. The lowest BCUT2D eigenvalue weighted by molar-refractivity contribution is 0.335. The predicted octanol–water partition coefficient (Wildman–Crippen LogP) is 3.33. The minimum absolute atomic E-state index is 1.11. The molecule has 0 amide bonds. The van der Waals surface area contributed by atoms with Crippen molar-refractivity contribution in [1.29, 1.82) is 0 Å². The van der Waals surface area contributed by atoms with Crippen LogP contribution in [0.15, 0.2) is 30.3 Å². The predicted molar refractivity (Wildman–Crippen MR) is 84.7 cm³/mol. The molecule has 0 aliphatic rings. The van der Waals surface area contributed by atoms with Crippen LogP contribution in [0.3, 0.4) is 0 Å². The molecule has 0 fully saturated rings. The molecule has 0 atom stereocenters. The highest BCUT2D eigenvalue weighted by Gasteiger charge is 1.98. The molecule has 0 aliphatic carbocycles. The van der Waals surface area contributed by atoms with Gasteiger partial charge < -0.3 is 10.2 Å². The minimum atomic E-state index is 1.11. The first-order valence-electron chi connectivity index (χ1n) is 7.76. The van der Waals surface area contributed by atoms with E-state index in [1.807, 2.05) is 0 Å². The molecule has 0 aliphatic heterocycles. The molecule has 0 saturated carbocycles. The SMILES string of the molecule is CCCCCCNCCN(C)CCc1ccccc1.